The molecule has 2 aliphatic rings. The van der Waals surface area contributed by atoms with Gasteiger partial charge in [-0.05, 0) is 116 Å². The highest BCUT2D eigenvalue weighted by molar-refractivity contribution is 6.23. The van der Waals surface area contributed by atoms with Crippen LogP contribution in [0.4, 0.5) is 0 Å². The van der Waals surface area contributed by atoms with Crippen molar-refractivity contribution in [1.82, 2.24) is 19.5 Å². The van der Waals surface area contributed by atoms with Crippen LogP contribution in [0.15, 0.2) is 235 Å². The molecule has 0 fully saturated rings. The summed E-state index contributed by atoms with van der Waals surface area (Å²) < 4.78 is 8.88. The van der Waals surface area contributed by atoms with E-state index >= 15 is 0 Å². The summed E-state index contributed by atoms with van der Waals surface area (Å²) in [5.41, 5.74) is 20.2. The van der Waals surface area contributed by atoms with Gasteiger partial charge in [-0.2, -0.15) is 0 Å². The number of benzene rings is 10. The Bertz CT molecular complexity index is 4590. The number of hydrogen-bond donors (Lipinski definition) is 0. The molecule has 0 aliphatic heterocycles. The highest BCUT2D eigenvalue weighted by Crippen LogP contribution is 2.52. The molecule has 2 aliphatic carbocycles. The van der Waals surface area contributed by atoms with Gasteiger partial charge >= 0.3 is 0 Å². The highest BCUT2D eigenvalue weighted by atomic mass is 16.3. The minimum Gasteiger partial charge on any atom is -0.456 e. The predicted molar refractivity (Wildman–Crippen MR) is 314 cm³/mol. The third-order valence-electron chi connectivity index (χ3n) is 15.8. The van der Waals surface area contributed by atoms with Crippen molar-refractivity contribution in [3.05, 3.63) is 253 Å². The maximum Gasteiger partial charge on any atom is 0.164 e. The molecule has 0 N–H and O–H groups in total. The normalized spacial score (nSPS) is 13.3. The van der Waals surface area contributed by atoms with Crippen LogP contribution < -0.4 is 0 Å². The number of hydrogen-bond acceptors (Lipinski definition) is 4. The van der Waals surface area contributed by atoms with E-state index in [0.717, 1.165) is 67.7 Å². The smallest absolute Gasteiger partial charge is 0.164 e. The number of para-hydroxylation sites is 1. The van der Waals surface area contributed by atoms with E-state index in [9.17, 15) is 0 Å². The third-order valence-corrected chi connectivity index (χ3v) is 15.8. The molecule has 0 atom stereocenters. The lowest BCUT2D eigenvalue weighted by Gasteiger charge is -2.21. The SMILES string of the molecule is CC1(C)c2ccccc2-c2c(-c3cccc(-c4cccc5c6c7ccccc7ccc6n(-c6cccc(-c7cccc(-c8nc(-c9ccccc9)nc(-c9ccc%10c%11c(oc%10c9)C=CCC=C%11)n8)c7)c6)c45)c3)cccc21. The summed E-state index contributed by atoms with van der Waals surface area (Å²) in [5, 5.41) is 5.98. The van der Waals surface area contributed by atoms with Crippen molar-refractivity contribution in [1.29, 1.82) is 0 Å². The molecule has 10 aromatic carbocycles. The van der Waals surface area contributed by atoms with E-state index in [4.69, 9.17) is 19.4 Å². The van der Waals surface area contributed by atoms with Gasteiger partial charge in [0.2, 0.25) is 0 Å². The first-order chi connectivity index (χ1) is 37.4. The van der Waals surface area contributed by atoms with Gasteiger partial charge in [0.1, 0.15) is 11.3 Å². The molecular weight excluding hydrogens is 925 g/mol. The number of allylic oxidation sites excluding steroid dienone is 2. The number of aromatic nitrogens is 4. The monoisotopic (exact) mass is 972 g/mol. The molecule has 5 heteroatoms. The minimum absolute atomic E-state index is 0.0834. The number of nitrogens with zero attached hydrogens (tertiary/aromatic N) is 4. The second kappa shape index (κ2) is 17.2. The Hall–Kier alpha value is -9.71. The number of rotatable bonds is 7. The van der Waals surface area contributed by atoms with Crippen LogP contribution in [0, 0.1) is 0 Å². The Kier molecular flexibility index (Phi) is 9.92. The van der Waals surface area contributed by atoms with Crippen molar-refractivity contribution in [2.24, 2.45) is 0 Å². The molecule has 0 saturated carbocycles. The van der Waals surface area contributed by atoms with Gasteiger partial charge < -0.3 is 8.98 Å². The molecule has 15 rings (SSSR count). The molecule has 358 valence electrons. The van der Waals surface area contributed by atoms with Gasteiger partial charge in [0.25, 0.3) is 0 Å². The first-order valence-corrected chi connectivity index (χ1v) is 26.1. The van der Waals surface area contributed by atoms with E-state index in [1.165, 1.54) is 71.6 Å². The molecule has 0 saturated heterocycles. The second-order valence-corrected chi connectivity index (χ2v) is 20.6. The van der Waals surface area contributed by atoms with Crippen LogP contribution in [0.5, 0.6) is 0 Å². The average molecular weight is 973 g/mol. The molecule has 0 radical (unpaired) electrons. The minimum atomic E-state index is -0.0834. The standard InChI is InChI=1S/C71H48N4O/c1-71(2)60-33-12-11-29-58(60)65-54(30-17-34-61(65)71)48-23-14-24-49(41-48)55-31-16-32-59-66-53-27-10-9-18-44(53)37-39-62(66)75(67(55)59)52-26-15-22-47(42-52)46-21-13-25-50(40-46)69-72-68(45-19-5-3-6-20-45)73-70(74-69)51-36-38-57-56-28-7-4-8-35-63(56)76-64(57)43-51/h3,5-43H,4H2,1-2H3. The summed E-state index contributed by atoms with van der Waals surface area (Å²) in [6.45, 7) is 4.71. The van der Waals surface area contributed by atoms with Crippen LogP contribution in [0.2, 0.25) is 0 Å². The zero-order valence-corrected chi connectivity index (χ0v) is 42.0. The van der Waals surface area contributed by atoms with E-state index in [-0.39, 0.29) is 5.41 Å². The van der Waals surface area contributed by atoms with Crippen LogP contribution in [0.25, 0.3) is 140 Å². The average Bonchev–Trinajstić information content (AvgIpc) is 4.02. The summed E-state index contributed by atoms with van der Waals surface area (Å²) in [6.07, 6.45) is 9.38. The van der Waals surface area contributed by atoms with Gasteiger partial charge in [0.15, 0.2) is 17.5 Å². The van der Waals surface area contributed by atoms with Crippen molar-refractivity contribution in [2.45, 2.75) is 25.7 Å². The van der Waals surface area contributed by atoms with Gasteiger partial charge in [-0.15, -0.1) is 0 Å². The zero-order chi connectivity index (χ0) is 50.5. The van der Waals surface area contributed by atoms with E-state index < -0.39 is 0 Å². The molecule has 0 unspecified atom stereocenters. The summed E-state index contributed by atoms with van der Waals surface area (Å²) in [6, 6.07) is 79.0. The zero-order valence-electron chi connectivity index (χ0n) is 42.0. The van der Waals surface area contributed by atoms with E-state index in [0.29, 0.717) is 17.5 Å². The van der Waals surface area contributed by atoms with E-state index in [1.807, 2.05) is 30.3 Å². The van der Waals surface area contributed by atoms with Gasteiger partial charge in [-0.25, -0.2) is 15.0 Å². The lowest BCUT2D eigenvalue weighted by molar-refractivity contribution is 0.603. The van der Waals surface area contributed by atoms with Crippen LogP contribution >= 0.6 is 0 Å². The Labute approximate surface area is 440 Å². The number of fused-ring (bicyclic) bond motifs is 11. The molecule has 0 spiro atoms. The van der Waals surface area contributed by atoms with E-state index in [1.54, 1.807) is 0 Å². The molecular formula is C71H48N4O. The van der Waals surface area contributed by atoms with Gasteiger partial charge in [0.05, 0.1) is 11.0 Å². The van der Waals surface area contributed by atoms with Crippen molar-refractivity contribution >= 4 is 55.7 Å². The largest absolute Gasteiger partial charge is 0.456 e. The molecule has 3 heterocycles. The molecule has 0 bridgehead atoms. The first-order valence-electron chi connectivity index (χ1n) is 26.1. The highest BCUT2D eigenvalue weighted by Gasteiger charge is 2.36. The Morgan fingerprint density at radius 1 is 0.434 bits per heavy atom. The van der Waals surface area contributed by atoms with Crippen LogP contribution in [-0.4, -0.2) is 19.5 Å². The molecule has 5 nitrogen and oxygen atoms in total. The number of furan rings is 1. The van der Waals surface area contributed by atoms with Crippen molar-refractivity contribution in [2.75, 3.05) is 0 Å². The van der Waals surface area contributed by atoms with Crippen molar-refractivity contribution in [3.63, 3.8) is 0 Å². The fourth-order valence-corrected chi connectivity index (χ4v) is 12.2. The quantitative estimate of drug-likeness (QED) is 0.160. The Morgan fingerprint density at radius 2 is 1.04 bits per heavy atom. The first kappa shape index (κ1) is 43.8. The molecule has 13 aromatic rings. The van der Waals surface area contributed by atoms with Crippen LogP contribution in [0.1, 0.15) is 42.7 Å². The summed E-state index contributed by atoms with van der Waals surface area (Å²) in [5.74, 6) is 2.65. The van der Waals surface area contributed by atoms with Crippen molar-refractivity contribution in [3.8, 4) is 84.4 Å². The summed E-state index contributed by atoms with van der Waals surface area (Å²) in [7, 11) is 0. The molecule has 3 aromatic heterocycles. The Morgan fingerprint density at radius 3 is 1.91 bits per heavy atom. The lowest BCUT2D eigenvalue weighted by Crippen LogP contribution is -2.14. The maximum atomic E-state index is 6.40. The third kappa shape index (κ3) is 6.96. The lowest BCUT2D eigenvalue weighted by atomic mass is 9.82. The molecule has 0 amide bonds. The second-order valence-electron chi connectivity index (χ2n) is 20.6. The van der Waals surface area contributed by atoms with E-state index in [2.05, 4.69) is 231 Å². The Balaban J connectivity index is 0.870. The maximum absolute atomic E-state index is 6.40. The fourth-order valence-electron chi connectivity index (χ4n) is 12.2. The summed E-state index contributed by atoms with van der Waals surface area (Å²) in [4.78, 5) is 15.4. The van der Waals surface area contributed by atoms with Crippen molar-refractivity contribution < 1.29 is 4.42 Å². The summed E-state index contributed by atoms with van der Waals surface area (Å²) >= 11 is 0. The van der Waals surface area contributed by atoms with Gasteiger partial charge in [0, 0.05) is 55.1 Å². The van der Waals surface area contributed by atoms with Crippen LogP contribution in [-0.2, 0) is 5.41 Å². The predicted octanol–water partition coefficient (Wildman–Crippen LogP) is 18.6. The molecule has 76 heavy (non-hydrogen) atoms. The van der Waals surface area contributed by atoms with Gasteiger partial charge in [-0.1, -0.05) is 208 Å². The topological polar surface area (TPSA) is 56.7 Å². The van der Waals surface area contributed by atoms with Crippen LogP contribution in [0.3, 0.4) is 0 Å². The van der Waals surface area contributed by atoms with Gasteiger partial charge in [-0.3, -0.25) is 0 Å². The fraction of sp³-hybridized carbons (Fsp3) is 0.0563.